The standard InChI is InChI=1S/C26H21F3N4O5.C26H24N4O6.C26H24N4O5.3CH4/c27-26(28,29)18-9-7-17(8-10-18)16-32-20-5-2-1-4-19(20)22(23(25(32)35)33(36)37)30-11-13-31(14-12-30)24(34)21-6-3-15-38-21;1-35-19-10-8-18(9-11-19)17-29-21-6-3-2-5-20(21)23(24(26(29)32)30(33)34)27-12-14-28(15-13-27)25(31)22-7-4-16-36-22;31-25(22-11-6-18-35-22)28-16-14-27(15-17-28)23-20-9-4-5-10-21(20)29(26(32)24(23)30(33)34)13-12-19-7-2-1-3-8-19;;;/h1-10,15H,11-14,16H2;2-11,16H,12-15,17H2,1H3;1-11,18H,12-17H2;3*1H4. The van der Waals surface area contributed by atoms with E-state index in [0.29, 0.717) is 115 Å². The van der Waals surface area contributed by atoms with E-state index in [-0.39, 0.29) is 108 Å². The lowest BCUT2D eigenvalue weighted by Gasteiger charge is -2.36. The fraction of sp³-hybridized carbons (Fsp3) is 0.259. The molecule has 3 saturated heterocycles. The second-order valence-corrected chi connectivity index (χ2v) is 25.7. The number of alkyl halides is 3. The van der Waals surface area contributed by atoms with Gasteiger partial charge in [0.2, 0.25) is 0 Å². The number of anilines is 3. The van der Waals surface area contributed by atoms with Gasteiger partial charge in [-0.2, -0.15) is 13.2 Å². The fourth-order valence-corrected chi connectivity index (χ4v) is 14.0. The van der Waals surface area contributed by atoms with Crippen LogP contribution in [0.4, 0.5) is 47.3 Å². The molecule has 0 unspecified atom stereocenters. The van der Waals surface area contributed by atoms with Crippen LogP contribution < -0.4 is 36.1 Å². The molecule has 6 aromatic heterocycles. The SMILES string of the molecule is C.C.C.COc1ccc(Cn2c(=O)c([N+](=O)[O-])c(N3CCN(C(=O)c4ccco4)CC3)c3ccccc32)cc1.O=C(c1ccco1)N1CCN(c2c([N+](=O)[O-])c(=O)n(CCc3ccccc3)c3ccccc23)CC1.O=C(c1ccco1)N1CCN(c2c([N+](=O)[O-])c(=O)n(Cc3ccc(C(F)(F)F)cc3)c3ccccc23)CC1. The Labute approximate surface area is 638 Å². The molecule has 0 N–H and O–H groups in total. The van der Waals surface area contributed by atoms with Crippen LogP contribution in [0.5, 0.6) is 5.75 Å². The molecule has 3 fully saturated rings. The van der Waals surface area contributed by atoms with Crippen LogP contribution in [0.25, 0.3) is 32.7 Å². The zero-order chi connectivity index (χ0) is 76.6. The monoisotopic (exact) mass is 1530 g/mol. The molecule has 0 spiro atoms. The third kappa shape index (κ3) is 17.0. The number of fused-ring (bicyclic) bond motifs is 3. The second kappa shape index (κ2) is 35.2. The van der Waals surface area contributed by atoms with Crippen molar-refractivity contribution < 1.29 is 60.3 Å². The van der Waals surface area contributed by atoms with E-state index >= 15 is 0 Å². The molecule has 3 aliphatic heterocycles. The van der Waals surface area contributed by atoms with Gasteiger partial charge < -0.3 is 52.0 Å². The molecule has 0 aliphatic carbocycles. The van der Waals surface area contributed by atoms with E-state index in [0.717, 1.165) is 23.3 Å². The van der Waals surface area contributed by atoms with Gasteiger partial charge in [0, 0.05) is 101 Å². The van der Waals surface area contributed by atoms with Crippen molar-refractivity contribution >= 4 is 84.6 Å². The number of nitrogens with zero attached hydrogens (tertiary/aromatic N) is 12. The van der Waals surface area contributed by atoms with Crippen LogP contribution in [0.3, 0.4) is 0 Å². The number of amides is 3. The molecule has 15 rings (SSSR count). The van der Waals surface area contributed by atoms with Crippen LogP contribution in [0, 0.1) is 30.3 Å². The van der Waals surface area contributed by atoms with Gasteiger partial charge in [0.25, 0.3) is 17.7 Å². The van der Waals surface area contributed by atoms with E-state index in [1.165, 1.54) is 44.6 Å². The van der Waals surface area contributed by atoms with Crippen molar-refractivity contribution in [3.8, 4) is 5.75 Å². The molecule has 0 bridgehead atoms. The normalized spacial score (nSPS) is 13.5. The number of para-hydroxylation sites is 3. The predicted octanol–water partition coefficient (Wildman–Crippen LogP) is 13.7. The quantitative estimate of drug-likeness (QED) is 0.0604. The maximum atomic E-state index is 13.5. The summed E-state index contributed by atoms with van der Waals surface area (Å²) >= 11 is 0. The zero-order valence-corrected chi connectivity index (χ0v) is 58.5. The highest BCUT2D eigenvalue weighted by atomic mass is 19.4. The molecule has 0 atom stereocenters. The van der Waals surface area contributed by atoms with Crippen LogP contribution in [0.1, 0.15) is 76.2 Å². The molecule has 9 heterocycles. The Morgan fingerprint density at radius 2 is 0.714 bits per heavy atom. The number of carbonyl (C=O) groups is 3. The summed E-state index contributed by atoms with van der Waals surface area (Å²) in [6.07, 6.45) is 0.369. The second-order valence-electron chi connectivity index (χ2n) is 25.7. The third-order valence-electron chi connectivity index (χ3n) is 19.3. The van der Waals surface area contributed by atoms with E-state index < -0.39 is 60.2 Å². The number of piperazine rings is 3. The maximum Gasteiger partial charge on any atom is 0.416 e. The molecular weight excluding hydrogens is 1450 g/mol. The zero-order valence-electron chi connectivity index (χ0n) is 58.5. The lowest BCUT2D eigenvalue weighted by atomic mass is 10.1. The van der Waals surface area contributed by atoms with Gasteiger partial charge in [-0.1, -0.05) is 131 Å². The molecule has 31 heteroatoms. The Kier molecular flexibility index (Phi) is 25.4. The molecule has 6 aromatic carbocycles. The third-order valence-corrected chi connectivity index (χ3v) is 19.3. The molecule has 582 valence electrons. The Hall–Kier alpha value is -13.6. The number of nitro groups is 3. The number of ether oxygens (including phenoxy) is 1. The predicted molar refractivity (Wildman–Crippen MR) is 418 cm³/mol. The smallest absolute Gasteiger partial charge is 0.416 e. The Morgan fingerprint density at radius 3 is 1.03 bits per heavy atom. The lowest BCUT2D eigenvalue weighted by molar-refractivity contribution is -0.385. The number of pyridine rings is 3. The highest BCUT2D eigenvalue weighted by Crippen LogP contribution is 2.39. The molecule has 12 aromatic rings. The van der Waals surface area contributed by atoms with Gasteiger partial charge in [-0.05, 0) is 102 Å². The topological polar surface area (TPSA) is 315 Å². The number of aromatic nitrogens is 3. The van der Waals surface area contributed by atoms with Gasteiger partial charge in [0.1, 0.15) is 22.8 Å². The first-order valence-corrected chi connectivity index (χ1v) is 34.6. The summed E-state index contributed by atoms with van der Waals surface area (Å²) in [7, 11) is 1.57. The average Bonchev–Trinajstić information content (AvgIpc) is 0.798. The number of carbonyl (C=O) groups excluding carboxylic acids is 3. The van der Waals surface area contributed by atoms with Crippen LogP contribution >= 0.6 is 0 Å². The minimum absolute atomic E-state index is 0. The van der Waals surface area contributed by atoms with Gasteiger partial charge >= 0.3 is 39.9 Å². The van der Waals surface area contributed by atoms with Crippen molar-refractivity contribution in [2.75, 3.05) is 100 Å². The number of hydrogen-bond donors (Lipinski definition) is 0. The molecule has 3 aliphatic rings. The number of halogens is 3. The van der Waals surface area contributed by atoms with Gasteiger partial charge in [0.05, 0.1) is 75.9 Å². The number of aryl methyl sites for hydroxylation is 2. The summed E-state index contributed by atoms with van der Waals surface area (Å²) in [6.45, 7) is 4.23. The van der Waals surface area contributed by atoms with Gasteiger partial charge in [-0.25, -0.2) is 0 Å². The number of rotatable bonds is 17. The molecular formula is C81H81F3N12O16. The first-order chi connectivity index (χ1) is 52.7. The molecule has 3 amide bonds. The van der Waals surface area contributed by atoms with Crippen molar-refractivity contribution in [2.45, 2.75) is 54.5 Å². The van der Waals surface area contributed by atoms with Crippen LogP contribution in [-0.2, 0) is 32.2 Å². The van der Waals surface area contributed by atoms with Crippen molar-refractivity contribution in [1.82, 2.24) is 28.4 Å². The molecule has 112 heavy (non-hydrogen) atoms. The Bertz CT molecular complexity index is 5540. The number of benzene rings is 6. The maximum absolute atomic E-state index is 13.5. The van der Waals surface area contributed by atoms with Crippen molar-refractivity contribution in [2.24, 2.45) is 0 Å². The van der Waals surface area contributed by atoms with Crippen molar-refractivity contribution in [1.29, 1.82) is 0 Å². The number of methoxy groups -OCH3 is 1. The van der Waals surface area contributed by atoms with Crippen LogP contribution in [0.15, 0.2) is 234 Å². The van der Waals surface area contributed by atoms with Crippen LogP contribution in [0.2, 0.25) is 0 Å². The van der Waals surface area contributed by atoms with Gasteiger partial charge in [-0.3, -0.25) is 68.2 Å². The minimum Gasteiger partial charge on any atom is -0.497 e. The van der Waals surface area contributed by atoms with E-state index in [1.807, 2.05) is 82.6 Å². The molecule has 0 radical (unpaired) electrons. The summed E-state index contributed by atoms with van der Waals surface area (Å²) < 4.78 is 63.8. The van der Waals surface area contributed by atoms with Crippen molar-refractivity contribution in [3.63, 3.8) is 0 Å². The van der Waals surface area contributed by atoms with E-state index in [1.54, 1.807) is 118 Å². The van der Waals surface area contributed by atoms with Crippen LogP contribution in [-0.4, -0.2) is 147 Å². The minimum atomic E-state index is -4.50. The number of hydrogen-bond acceptors (Lipinski definition) is 19. The fourth-order valence-electron chi connectivity index (χ4n) is 14.0. The summed E-state index contributed by atoms with van der Waals surface area (Å²) in [5.74, 6) is 0.653. The summed E-state index contributed by atoms with van der Waals surface area (Å²) in [5, 5.41) is 38.3. The lowest BCUT2D eigenvalue weighted by Crippen LogP contribution is -2.49. The van der Waals surface area contributed by atoms with Crippen molar-refractivity contribution in [3.05, 3.63) is 308 Å². The Balaban J connectivity index is 0.000000176. The largest absolute Gasteiger partial charge is 0.497 e. The van der Waals surface area contributed by atoms with E-state index in [4.69, 9.17) is 18.0 Å². The molecule has 0 saturated carbocycles. The first-order valence-electron chi connectivity index (χ1n) is 34.6. The highest BCUT2D eigenvalue weighted by Gasteiger charge is 2.37. The molecule has 28 nitrogen and oxygen atoms in total. The summed E-state index contributed by atoms with van der Waals surface area (Å²) in [6, 6.07) is 52.1. The summed E-state index contributed by atoms with van der Waals surface area (Å²) in [4.78, 5) is 123. The average molecular weight is 1540 g/mol. The van der Waals surface area contributed by atoms with Gasteiger partial charge in [0.15, 0.2) is 17.3 Å². The highest BCUT2D eigenvalue weighted by molar-refractivity contribution is 6.00. The van der Waals surface area contributed by atoms with E-state index in [2.05, 4.69) is 0 Å². The number of furan rings is 3. The van der Waals surface area contributed by atoms with E-state index in [9.17, 15) is 72.3 Å². The Morgan fingerprint density at radius 1 is 0.402 bits per heavy atom. The summed E-state index contributed by atoms with van der Waals surface area (Å²) in [5.41, 5.74) is 0.187. The first kappa shape index (κ1) is 80.9. The van der Waals surface area contributed by atoms with Gasteiger partial charge in [-0.15, -0.1) is 0 Å².